The summed E-state index contributed by atoms with van der Waals surface area (Å²) in [5.41, 5.74) is 0. The van der Waals surface area contributed by atoms with E-state index >= 15 is 0 Å². The third-order valence-corrected chi connectivity index (χ3v) is 3.09. The second-order valence-electron chi connectivity index (χ2n) is 2.66. The van der Waals surface area contributed by atoms with Gasteiger partial charge in [0.1, 0.15) is 0 Å². The number of alkyl halides is 5. The maximum Gasteiger partial charge on any atom is 0.406 e. The zero-order chi connectivity index (χ0) is 9.41. The summed E-state index contributed by atoms with van der Waals surface area (Å²) >= 11 is 0.302. The minimum Gasteiger partial charge on any atom is -0.205 e. The van der Waals surface area contributed by atoms with Crippen LogP contribution in [-0.4, -0.2) is 23.1 Å². The van der Waals surface area contributed by atoms with E-state index in [0.717, 1.165) is 0 Å². The number of hydrogen-bond donors (Lipinski definition) is 0. The van der Waals surface area contributed by atoms with Gasteiger partial charge in [-0.05, 0) is 12.2 Å². The number of thioether (sulfide) groups is 1. The average molecular weight is 206 g/mol. The Morgan fingerprint density at radius 2 is 1.83 bits per heavy atom. The Hall–Kier alpha value is -0.0000000000000000555. The molecule has 0 bridgehead atoms. The lowest BCUT2D eigenvalue weighted by atomic mass is 10.1. The highest BCUT2D eigenvalue weighted by Crippen LogP contribution is 2.46. The van der Waals surface area contributed by atoms with Gasteiger partial charge in [-0.3, -0.25) is 0 Å². The lowest BCUT2D eigenvalue weighted by Gasteiger charge is -2.31. The fraction of sp³-hybridized carbons (Fsp3) is 1.00. The van der Waals surface area contributed by atoms with Crippen molar-refractivity contribution in [2.24, 2.45) is 0 Å². The van der Waals surface area contributed by atoms with E-state index in [0.29, 0.717) is 11.8 Å². The second kappa shape index (κ2) is 3.05. The molecule has 1 aliphatic heterocycles. The van der Waals surface area contributed by atoms with Crippen LogP contribution in [0.4, 0.5) is 22.0 Å². The zero-order valence-electron chi connectivity index (χ0n) is 6.00. The topological polar surface area (TPSA) is 0 Å². The van der Waals surface area contributed by atoms with E-state index in [4.69, 9.17) is 0 Å². The Labute approximate surface area is 70.5 Å². The molecule has 0 nitrogen and oxygen atoms in total. The molecule has 0 aliphatic carbocycles. The van der Waals surface area contributed by atoms with Crippen molar-refractivity contribution in [2.45, 2.75) is 30.2 Å². The van der Waals surface area contributed by atoms with Crippen LogP contribution in [-0.2, 0) is 0 Å². The maximum atomic E-state index is 12.6. The van der Waals surface area contributed by atoms with Crippen LogP contribution >= 0.6 is 11.8 Å². The molecule has 0 aromatic heterocycles. The van der Waals surface area contributed by atoms with Crippen LogP contribution in [0.5, 0.6) is 0 Å². The zero-order valence-corrected chi connectivity index (χ0v) is 6.81. The van der Waals surface area contributed by atoms with E-state index in [2.05, 4.69) is 0 Å². The molecule has 12 heavy (non-hydrogen) atoms. The molecular weight excluding hydrogens is 199 g/mol. The molecule has 72 valence electrons. The van der Waals surface area contributed by atoms with Crippen molar-refractivity contribution in [2.75, 3.05) is 5.75 Å². The first-order valence-electron chi connectivity index (χ1n) is 3.40. The highest BCUT2D eigenvalue weighted by Gasteiger charge is 2.56. The Bertz CT molecular complexity index is 164. The monoisotopic (exact) mass is 206 g/mol. The molecule has 1 fully saturated rings. The van der Waals surface area contributed by atoms with Crippen molar-refractivity contribution in [3.05, 3.63) is 0 Å². The van der Waals surface area contributed by atoms with Gasteiger partial charge in [-0.15, -0.1) is 11.8 Å². The summed E-state index contributed by atoms with van der Waals surface area (Å²) in [6, 6.07) is 0. The summed E-state index contributed by atoms with van der Waals surface area (Å²) in [5, 5.41) is -2.50. The summed E-state index contributed by atoms with van der Waals surface area (Å²) in [7, 11) is 0. The van der Waals surface area contributed by atoms with Gasteiger partial charge in [0.2, 0.25) is 0 Å². The third-order valence-electron chi connectivity index (χ3n) is 1.62. The molecule has 1 atom stereocenters. The largest absolute Gasteiger partial charge is 0.406 e. The molecule has 1 unspecified atom stereocenters. The molecule has 6 heteroatoms. The second-order valence-corrected chi connectivity index (χ2v) is 3.87. The first kappa shape index (κ1) is 10.1. The normalized spacial score (nSPS) is 30.2. The molecular formula is C6H7F5S. The quantitative estimate of drug-likeness (QED) is 0.549. The van der Waals surface area contributed by atoms with E-state index in [-0.39, 0.29) is 12.2 Å². The van der Waals surface area contributed by atoms with Crippen molar-refractivity contribution < 1.29 is 22.0 Å². The van der Waals surface area contributed by atoms with E-state index in [9.17, 15) is 22.0 Å². The van der Waals surface area contributed by atoms with Gasteiger partial charge in [0.15, 0.2) is 5.25 Å². The molecule has 1 aliphatic rings. The fourth-order valence-corrected chi connectivity index (χ4v) is 2.19. The standard InChI is InChI=1S/C6H7F5S/c7-5(8)2-1-3-12-4(5)6(9,10)11/h4H,1-3H2. The predicted octanol–water partition coefficient (Wildman–Crippen LogP) is 3.08. The van der Waals surface area contributed by atoms with Crippen molar-refractivity contribution in [3.63, 3.8) is 0 Å². The summed E-state index contributed by atoms with van der Waals surface area (Å²) in [6.45, 7) is 0. The van der Waals surface area contributed by atoms with Crippen molar-refractivity contribution in [1.29, 1.82) is 0 Å². The molecule has 1 heterocycles. The van der Waals surface area contributed by atoms with Gasteiger partial charge in [-0.1, -0.05) is 0 Å². The molecule has 0 N–H and O–H groups in total. The highest BCUT2D eigenvalue weighted by molar-refractivity contribution is 8.00. The minimum atomic E-state index is -4.78. The van der Waals surface area contributed by atoms with Crippen molar-refractivity contribution in [3.8, 4) is 0 Å². The number of rotatable bonds is 0. The average Bonchev–Trinajstić information content (AvgIpc) is 1.83. The SMILES string of the molecule is FC(F)(F)C1SCCCC1(F)F. The Kier molecular flexibility index (Phi) is 2.56. The van der Waals surface area contributed by atoms with Crippen LogP contribution in [0.3, 0.4) is 0 Å². The molecule has 0 amide bonds. The van der Waals surface area contributed by atoms with Gasteiger partial charge in [0.05, 0.1) is 0 Å². The lowest BCUT2D eigenvalue weighted by Crippen LogP contribution is -2.44. The summed E-state index contributed by atoms with van der Waals surface area (Å²) < 4.78 is 61.1. The molecule has 0 saturated carbocycles. The van der Waals surface area contributed by atoms with Crippen molar-refractivity contribution >= 4 is 11.8 Å². The molecule has 0 aromatic carbocycles. The van der Waals surface area contributed by atoms with E-state index < -0.39 is 23.8 Å². The fourth-order valence-electron chi connectivity index (χ4n) is 1.10. The lowest BCUT2D eigenvalue weighted by molar-refractivity contribution is -0.182. The van der Waals surface area contributed by atoms with Crippen LogP contribution in [0.15, 0.2) is 0 Å². The molecule has 1 rings (SSSR count). The number of hydrogen-bond acceptors (Lipinski definition) is 1. The molecule has 0 spiro atoms. The highest BCUT2D eigenvalue weighted by atomic mass is 32.2. The van der Waals surface area contributed by atoms with Crippen LogP contribution in [0.2, 0.25) is 0 Å². The van der Waals surface area contributed by atoms with Crippen LogP contribution in [0.1, 0.15) is 12.8 Å². The van der Waals surface area contributed by atoms with Crippen LogP contribution in [0, 0.1) is 0 Å². The third kappa shape index (κ3) is 2.02. The van der Waals surface area contributed by atoms with E-state index in [1.165, 1.54) is 0 Å². The van der Waals surface area contributed by atoms with Gasteiger partial charge < -0.3 is 0 Å². The van der Waals surface area contributed by atoms with Gasteiger partial charge in [0, 0.05) is 6.42 Å². The molecule has 0 radical (unpaired) electrons. The van der Waals surface area contributed by atoms with Gasteiger partial charge in [-0.2, -0.15) is 13.2 Å². The van der Waals surface area contributed by atoms with Crippen molar-refractivity contribution in [1.82, 2.24) is 0 Å². The minimum absolute atomic E-state index is 0.157. The Morgan fingerprint density at radius 3 is 2.17 bits per heavy atom. The Morgan fingerprint density at radius 1 is 1.25 bits per heavy atom. The van der Waals surface area contributed by atoms with E-state index in [1.54, 1.807) is 0 Å². The first-order valence-corrected chi connectivity index (χ1v) is 4.45. The summed E-state index contributed by atoms with van der Waals surface area (Å²) in [4.78, 5) is 0. The Balaban J connectivity index is 2.73. The number of halogens is 5. The predicted molar refractivity (Wildman–Crippen MR) is 36.5 cm³/mol. The smallest absolute Gasteiger partial charge is 0.205 e. The van der Waals surface area contributed by atoms with Gasteiger partial charge in [-0.25, -0.2) is 8.78 Å². The molecule has 0 aromatic rings. The summed E-state index contributed by atoms with van der Waals surface area (Å²) in [6.07, 6.45) is -5.27. The van der Waals surface area contributed by atoms with E-state index in [1.807, 2.05) is 0 Å². The molecule has 1 saturated heterocycles. The van der Waals surface area contributed by atoms with Gasteiger partial charge >= 0.3 is 6.18 Å². The van der Waals surface area contributed by atoms with Crippen LogP contribution in [0.25, 0.3) is 0 Å². The summed E-state index contributed by atoms with van der Waals surface area (Å²) in [5.74, 6) is -3.42. The maximum absolute atomic E-state index is 12.6. The van der Waals surface area contributed by atoms with Crippen LogP contribution < -0.4 is 0 Å². The first-order chi connectivity index (χ1) is 5.34. The van der Waals surface area contributed by atoms with Gasteiger partial charge in [0.25, 0.3) is 5.92 Å².